The van der Waals surface area contributed by atoms with Crippen LogP contribution in [0.25, 0.3) is 227 Å². The SMILES string of the molecule is CC(C)(C)c1nc(-n2c3ccccc3c3cc(-c4ccc5c(c4)c4ccccc4n5-c4ccccc4)ccc32)nc(C(C)(C)C)n1.c1ccc(-c2nc(-c3ccccc3)nc(-n3c4ccccc4c4cc(-c5ccc6c(c5)c5ccccc5n6C5CC5)ccc43)n2)cc1.c1ccc(-c2nc(-n3c4ccccc4c4cc(-c5ccc6c(c5)c5ccccc5n6-c5ccccc5)ccc43)nc3c2CCC3)cc1. The van der Waals surface area contributed by atoms with Crippen LogP contribution in [0.1, 0.15) is 89.8 Å². The Labute approximate surface area is 809 Å². The summed E-state index contributed by atoms with van der Waals surface area (Å²) in [4.78, 5) is 40.6. The van der Waals surface area contributed by atoms with Gasteiger partial charge in [-0.3, -0.25) is 13.7 Å². The third-order valence-corrected chi connectivity index (χ3v) is 28.2. The summed E-state index contributed by atoms with van der Waals surface area (Å²) < 4.78 is 13.9. The number of hydrogen-bond acceptors (Lipinski definition) is 8. The zero-order valence-corrected chi connectivity index (χ0v) is 78.6. The van der Waals surface area contributed by atoms with Gasteiger partial charge in [0.05, 0.1) is 60.9 Å². The van der Waals surface area contributed by atoms with Gasteiger partial charge in [0.25, 0.3) is 0 Å². The normalized spacial score (nSPS) is 12.9. The molecule has 670 valence electrons. The first-order chi connectivity index (χ1) is 68.7. The molecule has 26 aromatic rings. The molecule has 28 rings (SSSR count). The maximum Gasteiger partial charge on any atom is 0.238 e. The fraction of sp³-hybridized carbons (Fsp3) is 0.111. The fourth-order valence-corrected chi connectivity index (χ4v) is 21.4. The molecule has 1 fully saturated rings. The Kier molecular flexibility index (Phi) is 19.8. The van der Waals surface area contributed by atoms with Crippen LogP contribution < -0.4 is 0 Å². The second-order valence-electron chi connectivity index (χ2n) is 39.3. The zero-order chi connectivity index (χ0) is 93.6. The maximum absolute atomic E-state index is 5.28. The van der Waals surface area contributed by atoms with Crippen molar-refractivity contribution < 1.29 is 0 Å². The number of aromatic nitrogens is 14. The molecule has 9 heterocycles. The predicted octanol–water partition coefficient (Wildman–Crippen LogP) is 31.2. The summed E-state index contributed by atoms with van der Waals surface area (Å²) in [6, 6.07) is 146. The first-order valence-corrected chi connectivity index (χ1v) is 48.6. The number of benzene rings is 17. The molecule has 17 aromatic carbocycles. The third-order valence-electron chi connectivity index (χ3n) is 28.2. The van der Waals surface area contributed by atoms with Crippen molar-refractivity contribution in [1.29, 1.82) is 0 Å². The van der Waals surface area contributed by atoms with Crippen molar-refractivity contribution in [3.63, 3.8) is 0 Å². The highest BCUT2D eigenvalue weighted by Crippen LogP contribution is 2.47. The Balaban J connectivity index is 0.000000108. The lowest BCUT2D eigenvalue weighted by atomic mass is 9.93. The molecule has 0 radical (unpaired) electrons. The smallest absolute Gasteiger partial charge is 0.238 e. The van der Waals surface area contributed by atoms with Gasteiger partial charge in [0.1, 0.15) is 11.6 Å². The van der Waals surface area contributed by atoms with Crippen LogP contribution in [0.4, 0.5) is 0 Å². The second-order valence-corrected chi connectivity index (χ2v) is 39.3. The van der Waals surface area contributed by atoms with E-state index in [0.29, 0.717) is 29.6 Å². The first kappa shape index (κ1) is 83.2. The van der Waals surface area contributed by atoms with Crippen molar-refractivity contribution in [3.8, 4) is 96.6 Å². The van der Waals surface area contributed by atoms with E-state index in [1.54, 1.807) is 0 Å². The van der Waals surface area contributed by atoms with Gasteiger partial charge in [-0.1, -0.05) is 315 Å². The summed E-state index contributed by atoms with van der Waals surface area (Å²) in [5, 5.41) is 14.7. The number of aryl methyl sites for hydroxylation is 1. The molecule has 0 unspecified atom stereocenters. The van der Waals surface area contributed by atoms with Crippen LogP contribution in [0.2, 0.25) is 0 Å². The lowest BCUT2D eigenvalue weighted by molar-refractivity contribution is 0.493. The highest BCUT2D eigenvalue weighted by molar-refractivity contribution is 6.17. The minimum absolute atomic E-state index is 0.216. The van der Waals surface area contributed by atoms with E-state index in [1.807, 2.05) is 60.7 Å². The molecule has 9 aromatic heterocycles. The number of nitrogens with zero attached hydrogens (tertiary/aromatic N) is 14. The summed E-state index contributed by atoms with van der Waals surface area (Å²) in [6.45, 7) is 12.9. The number of para-hydroxylation sites is 8. The maximum atomic E-state index is 5.28. The number of rotatable bonds is 12. The van der Waals surface area contributed by atoms with Crippen molar-refractivity contribution in [1.82, 2.24) is 67.3 Å². The average molecular weight is 1810 g/mol. The van der Waals surface area contributed by atoms with Crippen LogP contribution in [-0.4, -0.2) is 67.3 Å². The van der Waals surface area contributed by atoms with Crippen molar-refractivity contribution in [2.75, 3.05) is 0 Å². The van der Waals surface area contributed by atoms with E-state index in [0.717, 1.165) is 92.3 Å². The molecule has 2 aliphatic carbocycles. The van der Waals surface area contributed by atoms with Crippen LogP contribution in [0, 0.1) is 0 Å². The quantitative estimate of drug-likeness (QED) is 0.118. The average Bonchev–Trinajstić information content (AvgIpc) is 1.58. The lowest BCUT2D eigenvalue weighted by Gasteiger charge is -2.23. The molecule has 0 saturated heterocycles. The van der Waals surface area contributed by atoms with Gasteiger partial charge in [-0.25, -0.2) is 19.9 Å². The van der Waals surface area contributed by atoms with Crippen LogP contribution in [-0.2, 0) is 23.7 Å². The van der Waals surface area contributed by atoms with Crippen LogP contribution in [0.15, 0.2) is 406 Å². The minimum atomic E-state index is -0.216. The van der Waals surface area contributed by atoms with E-state index in [-0.39, 0.29) is 10.8 Å². The van der Waals surface area contributed by atoms with Gasteiger partial charge in [0.2, 0.25) is 17.8 Å². The summed E-state index contributed by atoms with van der Waals surface area (Å²) in [7, 11) is 0. The summed E-state index contributed by atoms with van der Waals surface area (Å²) in [5.74, 6) is 4.91. The summed E-state index contributed by atoms with van der Waals surface area (Å²) in [5.41, 5.74) is 29.7. The highest BCUT2D eigenvalue weighted by atomic mass is 15.2. The molecule has 0 aliphatic heterocycles. The third kappa shape index (κ3) is 14.3. The van der Waals surface area contributed by atoms with Crippen LogP contribution >= 0.6 is 0 Å². The minimum Gasteiger partial charge on any atom is -0.337 e. The van der Waals surface area contributed by atoms with Gasteiger partial charge in [0, 0.05) is 132 Å². The van der Waals surface area contributed by atoms with Crippen molar-refractivity contribution in [2.45, 2.75) is 90.5 Å². The van der Waals surface area contributed by atoms with E-state index in [4.69, 9.17) is 39.9 Å². The van der Waals surface area contributed by atoms with Crippen molar-refractivity contribution >= 4 is 131 Å². The van der Waals surface area contributed by atoms with Crippen LogP contribution in [0.5, 0.6) is 0 Å². The Bertz CT molecular complexity index is 9340. The number of hydrogen-bond donors (Lipinski definition) is 0. The van der Waals surface area contributed by atoms with Gasteiger partial charge < -0.3 is 13.7 Å². The van der Waals surface area contributed by atoms with Gasteiger partial charge in [-0.05, 0) is 199 Å². The molecule has 14 nitrogen and oxygen atoms in total. The van der Waals surface area contributed by atoms with Crippen molar-refractivity contribution in [3.05, 3.63) is 429 Å². The molecule has 0 amide bonds. The molecule has 1 saturated carbocycles. The summed E-state index contributed by atoms with van der Waals surface area (Å²) >= 11 is 0. The zero-order valence-electron chi connectivity index (χ0n) is 78.6. The molecule has 14 heteroatoms. The number of fused-ring (bicyclic) bond motifs is 19. The Morgan fingerprint density at radius 2 is 0.486 bits per heavy atom. The van der Waals surface area contributed by atoms with Gasteiger partial charge >= 0.3 is 0 Å². The fourth-order valence-electron chi connectivity index (χ4n) is 21.4. The summed E-state index contributed by atoms with van der Waals surface area (Å²) in [6.07, 6.45) is 5.67. The lowest BCUT2D eigenvalue weighted by Crippen LogP contribution is -2.25. The highest BCUT2D eigenvalue weighted by Gasteiger charge is 2.32. The second kappa shape index (κ2) is 33.3. The topological polar surface area (TPSA) is 133 Å². The van der Waals surface area contributed by atoms with E-state index in [1.165, 1.54) is 167 Å². The Hall–Kier alpha value is -17.4. The predicted molar refractivity (Wildman–Crippen MR) is 577 cm³/mol. The molecule has 0 atom stereocenters. The first-order valence-electron chi connectivity index (χ1n) is 48.6. The molecule has 140 heavy (non-hydrogen) atoms. The molecule has 2 aliphatic rings. The van der Waals surface area contributed by atoms with Crippen LogP contribution in [0.3, 0.4) is 0 Å². The largest absolute Gasteiger partial charge is 0.337 e. The molecular weight excluding hydrogens is 1710 g/mol. The van der Waals surface area contributed by atoms with Gasteiger partial charge in [0.15, 0.2) is 11.6 Å². The van der Waals surface area contributed by atoms with E-state index in [9.17, 15) is 0 Å². The Morgan fingerprint density at radius 1 is 0.214 bits per heavy atom. The molecular formula is C126H96N14. The monoisotopic (exact) mass is 1800 g/mol. The van der Waals surface area contributed by atoms with E-state index in [2.05, 4.69) is 415 Å². The van der Waals surface area contributed by atoms with Crippen molar-refractivity contribution in [2.24, 2.45) is 0 Å². The Morgan fingerprint density at radius 3 is 0.843 bits per heavy atom. The molecule has 0 bridgehead atoms. The van der Waals surface area contributed by atoms with E-state index >= 15 is 0 Å². The molecule has 0 N–H and O–H groups in total. The standard InChI is InChI=1S/C43H30N4.C42H29N5.C41H37N5/c1-3-12-28(13-4-1)42-34-18-11-19-37(34)44-43(45-42)47-39-21-10-8-17-33(39)36-27-30(23-25-41(36)47)29-22-24-40-35(26-29)32-16-7-9-20-38(32)46(40)31-14-5-2-6-15-31;1-3-11-27(12-4-1)40-43-41(28-13-5-2-6-14-28)45-42(44-40)47-37-18-10-8-16-33(37)35-26-30(20-24-39(35)47)29-19-23-38-34(25-29)32-15-7-9-17-36(32)46(38)31-21-22-31;1-40(2,3)37-42-38(41(4,5)6)44-39(43-37)46-34-19-13-11-17-30(34)32-25-27(21-23-36(32)46)26-20-22-35-31(24-26)29-16-10-12-18-33(29)45(35)28-14-8-7-9-15-28/h1-10,12-17,20-27H,11,18-19H2;1-20,23-26,31H,21-22H2;7-25H,1-6H3. The van der Waals surface area contributed by atoms with Gasteiger partial charge in [-0.15, -0.1) is 0 Å². The van der Waals surface area contributed by atoms with E-state index < -0.39 is 0 Å². The van der Waals surface area contributed by atoms with Gasteiger partial charge in [-0.2, -0.15) is 19.9 Å². The molecule has 0 spiro atoms.